The minimum absolute atomic E-state index is 0.0240. The molecular formula is C26H27F3N4O4. The number of esters is 1. The molecule has 0 saturated heterocycles. The van der Waals surface area contributed by atoms with Gasteiger partial charge in [0.25, 0.3) is 0 Å². The van der Waals surface area contributed by atoms with Gasteiger partial charge in [0, 0.05) is 23.9 Å². The molecule has 3 aromatic rings. The van der Waals surface area contributed by atoms with Crippen molar-refractivity contribution in [2.75, 3.05) is 11.9 Å². The number of ether oxygens (including phenoxy) is 2. The van der Waals surface area contributed by atoms with Gasteiger partial charge in [-0.2, -0.15) is 13.2 Å². The Hall–Kier alpha value is -3.47. The molecule has 0 amide bonds. The van der Waals surface area contributed by atoms with E-state index in [9.17, 15) is 23.1 Å². The summed E-state index contributed by atoms with van der Waals surface area (Å²) in [6.45, 7) is 5.76. The molecule has 5 rings (SSSR count). The second-order valence-electron chi connectivity index (χ2n) is 10.4. The highest BCUT2D eigenvalue weighted by atomic mass is 19.4. The van der Waals surface area contributed by atoms with Gasteiger partial charge in [-0.3, -0.25) is 0 Å². The standard InChI is InChI=1S/C26H27F3N4O4/c1-13-21-15(23(34)37-24(13,2)3)7-8-19(33-21)32-20-9-16-17(10-30-20)22(36-12-26(27,28)29)31-11-18(16)25(4,35)14-5-6-14/h7-11,13-14,35H,5-6,12H2,1-4H3,(H,30,32,33)/t13-,25-/m1/s1. The first-order valence-corrected chi connectivity index (χ1v) is 12.0. The van der Waals surface area contributed by atoms with Gasteiger partial charge >= 0.3 is 12.1 Å². The number of hydrogen-bond donors (Lipinski definition) is 2. The molecule has 4 heterocycles. The lowest BCUT2D eigenvalue weighted by molar-refractivity contribution is -0.153. The van der Waals surface area contributed by atoms with Gasteiger partial charge in [0.05, 0.1) is 22.2 Å². The number of nitrogens with one attached hydrogen (secondary N) is 1. The summed E-state index contributed by atoms with van der Waals surface area (Å²) in [5.41, 5.74) is -0.482. The zero-order chi connectivity index (χ0) is 26.8. The van der Waals surface area contributed by atoms with Crippen LogP contribution in [0.3, 0.4) is 0 Å². The molecule has 3 aromatic heterocycles. The number of fused-ring (bicyclic) bond motifs is 2. The first-order chi connectivity index (χ1) is 17.3. The molecule has 196 valence electrons. The van der Waals surface area contributed by atoms with Gasteiger partial charge in [0.1, 0.15) is 17.2 Å². The van der Waals surface area contributed by atoms with Crippen LogP contribution in [0.15, 0.2) is 30.6 Å². The average Bonchev–Trinajstić information content (AvgIpc) is 3.66. The summed E-state index contributed by atoms with van der Waals surface area (Å²) in [7, 11) is 0. The van der Waals surface area contributed by atoms with Gasteiger partial charge in [-0.05, 0) is 63.1 Å². The third-order valence-electron chi connectivity index (χ3n) is 7.24. The highest BCUT2D eigenvalue weighted by molar-refractivity contribution is 5.93. The number of carbonyl (C=O) groups excluding carboxylic acids is 1. The zero-order valence-corrected chi connectivity index (χ0v) is 20.8. The highest BCUT2D eigenvalue weighted by Crippen LogP contribution is 2.48. The molecule has 0 unspecified atom stereocenters. The molecule has 1 aliphatic carbocycles. The zero-order valence-electron chi connectivity index (χ0n) is 20.8. The minimum Gasteiger partial charge on any atom is -0.468 e. The lowest BCUT2D eigenvalue weighted by Gasteiger charge is -2.36. The maximum Gasteiger partial charge on any atom is 0.422 e. The van der Waals surface area contributed by atoms with E-state index in [-0.39, 0.29) is 23.1 Å². The van der Waals surface area contributed by atoms with E-state index in [2.05, 4.69) is 20.3 Å². The number of pyridine rings is 3. The molecule has 1 aliphatic heterocycles. The SMILES string of the molecule is C[C@@H]1c2nc(Nc3cc4c([C@](C)(O)C5CC5)cnc(OCC(F)(F)F)c4cn3)ccc2C(=O)OC1(C)C. The van der Waals surface area contributed by atoms with E-state index in [1.165, 1.54) is 12.4 Å². The molecule has 1 saturated carbocycles. The number of aliphatic hydroxyl groups is 1. The summed E-state index contributed by atoms with van der Waals surface area (Å²) in [6.07, 6.45) is -0.121. The van der Waals surface area contributed by atoms with Crippen molar-refractivity contribution >= 4 is 28.4 Å². The Morgan fingerprint density at radius 2 is 1.89 bits per heavy atom. The largest absolute Gasteiger partial charge is 0.468 e. The fraction of sp³-hybridized carbons (Fsp3) is 0.462. The van der Waals surface area contributed by atoms with Gasteiger partial charge in [-0.15, -0.1) is 0 Å². The number of alkyl halides is 3. The maximum atomic E-state index is 12.8. The summed E-state index contributed by atoms with van der Waals surface area (Å²) in [4.78, 5) is 25.4. The van der Waals surface area contributed by atoms with E-state index < -0.39 is 30.0 Å². The van der Waals surface area contributed by atoms with E-state index in [0.29, 0.717) is 33.8 Å². The van der Waals surface area contributed by atoms with Crippen LogP contribution in [0.5, 0.6) is 5.88 Å². The van der Waals surface area contributed by atoms with Crippen molar-refractivity contribution in [2.24, 2.45) is 5.92 Å². The Kier molecular flexibility index (Phi) is 5.82. The molecule has 0 aromatic carbocycles. The predicted octanol–water partition coefficient (Wildman–Crippen LogP) is 5.38. The molecule has 0 bridgehead atoms. The van der Waals surface area contributed by atoms with Crippen molar-refractivity contribution in [3.8, 4) is 5.88 Å². The van der Waals surface area contributed by atoms with Gasteiger partial charge in [0.2, 0.25) is 5.88 Å². The van der Waals surface area contributed by atoms with Gasteiger partial charge < -0.3 is 19.9 Å². The summed E-state index contributed by atoms with van der Waals surface area (Å²) in [5.74, 6) is -0.00997. The highest BCUT2D eigenvalue weighted by Gasteiger charge is 2.43. The van der Waals surface area contributed by atoms with Crippen LogP contribution < -0.4 is 10.1 Å². The van der Waals surface area contributed by atoms with E-state index in [0.717, 1.165) is 12.8 Å². The molecule has 2 aliphatic rings. The lowest BCUT2D eigenvalue weighted by atomic mass is 9.84. The number of rotatable bonds is 6. The number of hydrogen-bond acceptors (Lipinski definition) is 8. The molecule has 11 heteroatoms. The van der Waals surface area contributed by atoms with Crippen LogP contribution in [-0.2, 0) is 10.3 Å². The first-order valence-electron chi connectivity index (χ1n) is 12.0. The Morgan fingerprint density at radius 3 is 2.57 bits per heavy atom. The smallest absolute Gasteiger partial charge is 0.422 e. The summed E-state index contributed by atoms with van der Waals surface area (Å²) < 4.78 is 48.9. The van der Waals surface area contributed by atoms with Crippen LogP contribution in [0.1, 0.15) is 68.1 Å². The Labute approximate surface area is 211 Å². The molecule has 0 radical (unpaired) electrons. The Bertz CT molecular complexity index is 1390. The van der Waals surface area contributed by atoms with E-state index in [1.807, 2.05) is 20.8 Å². The summed E-state index contributed by atoms with van der Waals surface area (Å²) in [6, 6.07) is 4.89. The van der Waals surface area contributed by atoms with E-state index in [4.69, 9.17) is 9.47 Å². The normalized spacial score (nSPS) is 20.6. The molecule has 37 heavy (non-hydrogen) atoms. The first kappa shape index (κ1) is 25.2. The predicted molar refractivity (Wildman–Crippen MR) is 129 cm³/mol. The van der Waals surface area contributed by atoms with Crippen molar-refractivity contribution in [3.63, 3.8) is 0 Å². The number of aromatic nitrogens is 3. The van der Waals surface area contributed by atoms with Crippen LogP contribution in [-0.4, -0.2) is 44.4 Å². The van der Waals surface area contributed by atoms with Gasteiger partial charge in [-0.25, -0.2) is 19.7 Å². The van der Waals surface area contributed by atoms with Crippen molar-refractivity contribution in [1.29, 1.82) is 0 Å². The van der Waals surface area contributed by atoms with Gasteiger partial charge in [0.15, 0.2) is 6.61 Å². The molecular weight excluding hydrogens is 489 g/mol. The van der Waals surface area contributed by atoms with Crippen molar-refractivity contribution in [2.45, 2.75) is 63.8 Å². The van der Waals surface area contributed by atoms with Crippen LogP contribution in [0.4, 0.5) is 24.8 Å². The summed E-state index contributed by atoms with van der Waals surface area (Å²) >= 11 is 0. The topological polar surface area (TPSA) is 106 Å². The average molecular weight is 517 g/mol. The van der Waals surface area contributed by atoms with E-state index in [1.54, 1.807) is 25.1 Å². The number of cyclic esters (lactones) is 1. The van der Waals surface area contributed by atoms with E-state index >= 15 is 0 Å². The van der Waals surface area contributed by atoms with Crippen LogP contribution >= 0.6 is 0 Å². The number of halogens is 3. The molecule has 8 nitrogen and oxygen atoms in total. The fourth-order valence-electron chi connectivity index (χ4n) is 4.60. The Morgan fingerprint density at radius 1 is 1.16 bits per heavy atom. The number of anilines is 2. The number of carbonyl (C=O) groups is 1. The quantitative estimate of drug-likeness (QED) is 0.421. The maximum absolute atomic E-state index is 12.8. The van der Waals surface area contributed by atoms with Crippen LogP contribution in [0.25, 0.3) is 10.8 Å². The third-order valence-corrected chi connectivity index (χ3v) is 7.24. The van der Waals surface area contributed by atoms with Crippen molar-refractivity contribution < 1.29 is 32.5 Å². The lowest BCUT2D eigenvalue weighted by Crippen LogP contribution is -2.39. The number of nitrogens with zero attached hydrogens (tertiary/aromatic N) is 3. The molecule has 0 spiro atoms. The molecule has 1 fully saturated rings. The van der Waals surface area contributed by atoms with Crippen LogP contribution in [0, 0.1) is 5.92 Å². The van der Waals surface area contributed by atoms with Gasteiger partial charge in [-0.1, -0.05) is 6.92 Å². The molecule has 2 atom stereocenters. The van der Waals surface area contributed by atoms with Crippen LogP contribution in [0.2, 0.25) is 0 Å². The second-order valence-corrected chi connectivity index (χ2v) is 10.4. The fourth-order valence-corrected chi connectivity index (χ4v) is 4.60. The van der Waals surface area contributed by atoms with Crippen molar-refractivity contribution in [3.05, 3.63) is 47.4 Å². The molecule has 2 N–H and O–H groups in total. The third kappa shape index (κ3) is 4.79. The second kappa shape index (κ2) is 8.54. The Balaban J connectivity index is 1.54. The van der Waals surface area contributed by atoms with Crippen molar-refractivity contribution in [1.82, 2.24) is 15.0 Å². The monoisotopic (exact) mass is 516 g/mol. The minimum atomic E-state index is -4.53. The summed E-state index contributed by atoms with van der Waals surface area (Å²) in [5, 5.41) is 15.1.